The van der Waals surface area contributed by atoms with Crippen LogP contribution in [0.4, 0.5) is 0 Å². The van der Waals surface area contributed by atoms with Crippen LogP contribution >= 0.6 is 0 Å². The molecule has 1 aromatic rings. The number of rotatable bonds is 8. The predicted molar refractivity (Wildman–Crippen MR) is 93.4 cm³/mol. The molecule has 8 heteroatoms. The third-order valence-electron chi connectivity index (χ3n) is 4.63. The lowest BCUT2D eigenvalue weighted by atomic mass is 10.0. The van der Waals surface area contributed by atoms with Crippen LogP contribution in [0.2, 0.25) is 0 Å². The number of amides is 2. The maximum atomic E-state index is 12.6. The predicted octanol–water partition coefficient (Wildman–Crippen LogP) is 0.547. The van der Waals surface area contributed by atoms with E-state index in [9.17, 15) is 19.5 Å². The molecule has 0 spiro atoms. The summed E-state index contributed by atoms with van der Waals surface area (Å²) in [6.45, 7) is 1.99. The first kappa shape index (κ1) is 19.9. The highest BCUT2D eigenvalue weighted by Gasteiger charge is 2.36. The molecule has 0 radical (unpaired) electrons. The van der Waals surface area contributed by atoms with Crippen molar-refractivity contribution in [3.05, 3.63) is 35.9 Å². The fourth-order valence-electron chi connectivity index (χ4n) is 3.23. The molecule has 2 rings (SSSR count). The second-order valence-electron chi connectivity index (χ2n) is 6.47. The molecule has 0 unspecified atom stereocenters. The number of aryl methyl sites for hydroxylation is 1. The van der Waals surface area contributed by atoms with E-state index in [2.05, 4.69) is 5.32 Å². The maximum Gasteiger partial charge on any atom is 0.326 e. The molecule has 3 atom stereocenters. The molecule has 2 amide bonds. The molecule has 1 fully saturated rings. The summed E-state index contributed by atoms with van der Waals surface area (Å²) in [4.78, 5) is 37.1. The van der Waals surface area contributed by atoms with Crippen LogP contribution < -0.4 is 10.8 Å². The minimum Gasteiger partial charge on any atom is -0.480 e. The smallest absolute Gasteiger partial charge is 0.326 e. The van der Waals surface area contributed by atoms with Gasteiger partial charge >= 0.3 is 5.97 Å². The second-order valence-corrected chi connectivity index (χ2v) is 6.47. The number of likely N-dealkylation sites (tertiary alicyclic amines) is 1. The van der Waals surface area contributed by atoms with E-state index in [1.54, 1.807) is 12.4 Å². The van der Waals surface area contributed by atoms with Crippen molar-refractivity contribution in [2.75, 3.05) is 6.54 Å². The Kier molecular flexibility index (Phi) is 7.11. The molecular weight excluding hydrogens is 338 g/mol. The van der Waals surface area contributed by atoms with Crippen molar-refractivity contribution in [3.63, 3.8) is 0 Å². The molecule has 0 bridgehead atoms. The summed E-state index contributed by atoms with van der Waals surface area (Å²) in [5.74, 6) is -2.00. The van der Waals surface area contributed by atoms with Gasteiger partial charge in [0.2, 0.25) is 5.91 Å². The lowest BCUT2D eigenvalue weighted by molar-refractivity contribution is -0.149. The van der Waals surface area contributed by atoms with Gasteiger partial charge in [0.15, 0.2) is 0 Å². The van der Waals surface area contributed by atoms with E-state index in [0.717, 1.165) is 5.56 Å². The topological polar surface area (TPSA) is 119 Å². The van der Waals surface area contributed by atoms with Gasteiger partial charge in [0, 0.05) is 6.54 Å². The maximum absolute atomic E-state index is 12.6. The standard InChI is InChI=1S/C18H25N3O5/c1-12(17(23)21-11-5-8-15(21)18(24)25)19-14(16(22)20-26)10-9-13-6-3-2-4-7-13/h2-4,6-7,12,14-15,19,26H,5,8-11H2,1H3,(H,20,22)(H,24,25)/t12-,14-,15-/m0/s1. The van der Waals surface area contributed by atoms with E-state index in [0.29, 0.717) is 32.2 Å². The van der Waals surface area contributed by atoms with E-state index in [1.165, 1.54) is 4.90 Å². The van der Waals surface area contributed by atoms with E-state index in [4.69, 9.17) is 5.21 Å². The van der Waals surface area contributed by atoms with E-state index in [-0.39, 0.29) is 5.91 Å². The highest BCUT2D eigenvalue weighted by Crippen LogP contribution is 2.18. The molecule has 0 aliphatic carbocycles. The van der Waals surface area contributed by atoms with Gasteiger partial charge in [0.05, 0.1) is 12.1 Å². The Hall–Kier alpha value is -2.45. The Morgan fingerprint density at radius 1 is 1.27 bits per heavy atom. The number of carboxylic acid groups (broad SMARTS) is 1. The first-order valence-corrected chi connectivity index (χ1v) is 8.71. The fraction of sp³-hybridized carbons (Fsp3) is 0.500. The number of hydrogen-bond acceptors (Lipinski definition) is 5. The van der Waals surface area contributed by atoms with Crippen LogP contribution in [0.3, 0.4) is 0 Å². The first-order chi connectivity index (χ1) is 12.4. The van der Waals surface area contributed by atoms with Crippen molar-refractivity contribution in [1.82, 2.24) is 15.7 Å². The third kappa shape index (κ3) is 5.03. The molecule has 26 heavy (non-hydrogen) atoms. The number of nitrogens with zero attached hydrogens (tertiary/aromatic N) is 1. The summed E-state index contributed by atoms with van der Waals surface area (Å²) in [7, 11) is 0. The summed E-state index contributed by atoms with van der Waals surface area (Å²) >= 11 is 0. The Morgan fingerprint density at radius 2 is 1.96 bits per heavy atom. The normalized spacial score (nSPS) is 19.0. The highest BCUT2D eigenvalue weighted by atomic mass is 16.5. The van der Waals surface area contributed by atoms with E-state index in [1.807, 2.05) is 30.3 Å². The highest BCUT2D eigenvalue weighted by molar-refractivity contribution is 5.88. The van der Waals surface area contributed by atoms with Gasteiger partial charge in [0.1, 0.15) is 6.04 Å². The minimum absolute atomic E-state index is 0.356. The average molecular weight is 363 g/mol. The minimum atomic E-state index is -1.02. The summed E-state index contributed by atoms with van der Waals surface area (Å²) in [5.41, 5.74) is 2.66. The Morgan fingerprint density at radius 3 is 2.58 bits per heavy atom. The molecular formula is C18H25N3O5. The second kappa shape index (κ2) is 9.30. The number of aliphatic carboxylic acids is 1. The van der Waals surface area contributed by atoms with Gasteiger partial charge in [-0.05, 0) is 38.2 Å². The van der Waals surface area contributed by atoms with Crippen LogP contribution in [-0.2, 0) is 20.8 Å². The largest absolute Gasteiger partial charge is 0.480 e. The SMILES string of the molecule is C[C@H](N[C@@H](CCc1ccccc1)C(=O)NO)C(=O)N1CCC[C@H]1C(=O)O. The average Bonchev–Trinajstić information content (AvgIpc) is 3.14. The van der Waals surface area contributed by atoms with Crippen LogP contribution in [0.25, 0.3) is 0 Å². The Balaban J connectivity index is 1.99. The molecule has 1 aliphatic heterocycles. The van der Waals surface area contributed by atoms with Crippen molar-refractivity contribution in [2.45, 2.75) is 50.7 Å². The Labute approximate surface area is 152 Å². The van der Waals surface area contributed by atoms with Crippen molar-refractivity contribution in [1.29, 1.82) is 0 Å². The van der Waals surface area contributed by atoms with Gasteiger partial charge in [0.25, 0.3) is 5.91 Å². The summed E-state index contributed by atoms with van der Waals surface area (Å²) in [6, 6.07) is 7.23. The van der Waals surface area contributed by atoms with Crippen LogP contribution in [0.5, 0.6) is 0 Å². The monoisotopic (exact) mass is 363 g/mol. The van der Waals surface area contributed by atoms with Gasteiger partial charge in [-0.3, -0.25) is 20.1 Å². The number of hydrogen-bond donors (Lipinski definition) is 4. The fourth-order valence-corrected chi connectivity index (χ4v) is 3.23. The van der Waals surface area contributed by atoms with Gasteiger partial charge < -0.3 is 10.0 Å². The Bertz CT molecular complexity index is 637. The van der Waals surface area contributed by atoms with E-state index >= 15 is 0 Å². The van der Waals surface area contributed by atoms with Crippen molar-refractivity contribution in [3.8, 4) is 0 Å². The summed E-state index contributed by atoms with van der Waals surface area (Å²) < 4.78 is 0. The zero-order valence-corrected chi connectivity index (χ0v) is 14.7. The zero-order chi connectivity index (χ0) is 19.1. The van der Waals surface area contributed by atoms with E-state index < -0.39 is 30.0 Å². The van der Waals surface area contributed by atoms with Gasteiger partial charge in [-0.2, -0.15) is 0 Å². The molecule has 8 nitrogen and oxygen atoms in total. The number of carbonyl (C=O) groups is 3. The van der Waals surface area contributed by atoms with Gasteiger partial charge in [-0.15, -0.1) is 0 Å². The molecule has 1 heterocycles. The number of carboxylic acids is 1. The zero-order valence-electron chi connectivity index (χ0n) is 14.7. The van der Waals surface area contributed by atoms with Gasteiger partial charge in [-0.1, -0.05) is 30.3 Å². The van der Waals surface area contributed by atoms with Crippen LogP contribution in [0.1, 0.15) is 31.7 Å². The number of carbonyl (C=O) groups excluding carboxylic acids is 2. The lowest BCUT2D eigenvalue weighted by Gasteiger charge is -2.27. The summed E-state index contributed by atoms with van der Waals surface area (Å²) in [5, 5.41) is 21.1. The van der Waals surface area contributed by atoms with Crippen molar-refractivity contribution >= 4 is 17.8 Å². The molecule has 1 aliphatic rings. The number of nitrogens with one attached hydrogen (secondary N) is 2. The molecule has 142 valence electrons. The molecule has 0 saturated carbocycles. The quantitative estimate of drug-likeness (QED) is 0.396. The van der Waals surface area contributed by atoms with Crippen LogP contribution in [0, 0.1) is 0 Å². The molecule has 1 saturated heterocycles. The summed E-state index contributed by atoms with van der Waals surface area (Å²) in [6.07, 6.45) is 2.05. The van der Waals surface area contributed by atoms with Gasteiger partial charge in [-0.25, -0.2) is 10.3 Å². The molecule has 4 N–H and O–H groups in total. The molecule has 1 aromatic carbocycles. The van der Waals surface area contributed by atoms with Crippen LogP contribution in [0.15, 0.2) is 30.3 Å². The molecule has 0 aromatic heterocycles. The van der Waals surface area contributed by atoms with Crippen molar-refractivity contribution in [2.24, 2.45) is 0 Å². The number of hydroxylamine groups is 1. The van der Waals surface area contributed by atoms with Crippen molar-refractivity contribution < 1.29 is 24.7 Å². The first-order valence-electron chi connectivity index (χ1n) is 8.71. The number of benzene rings is 1. The van der Waals surface area contributed by atoms with Crippen LogP contribution in [-0.4, -0.2) is 57.7 Å². The third-order valence-corrected chi connectivity index (χ3v) is 4.63. The lowest BCUT2D eigenvalue weighted by Crippen LogP contribution is -2.54.